The third kappa shape index (κ3) is 7.40. The summed E-state index contributed by atoms with van der Waals surface area (Å²) in [6.45, 7) is 14.9. The van der Waals surface area contributed by atoms with Gasteiger partial charge in [-0.25, -0.2) is 0 Å². The van der Waals surface area contributed by atoms with Gasteiger partial charge in [-0.05, 0) is 98.6 Å². The molecule has 1 heterocycles. The highest BCUT2D eigenvalue weighted by Crippen LogP contribution is 2.53. The van der Waals surface area contributed by atoms with E-state index < -0.39 is 0 Å². The van der Waals surface area contributed by atoms with Gasteiger partial charge in [-0.3, -0.25) is 0 Å². The highest BCUT2D eigenvalue weighted by Gasteiger charge is 2.45. The van der Waals surface area contributed by atoms with Crippen LogP contribution in [0.4, 0.5) is 0 Å². The van der Waals surface area contributed by atoms with E-state index in [4.69, 9.17) is 10.8 Å². The largest absolute Gasteiger partial charge is 0.394 e. The van der Waals surface area contributed by atoms with E-state index in [-0.39, 0.29) is 0 Å². The van der Waals surface area contributed by atoms with Crippen LogP contribution in [0.15, 0.2) is 23.9 Å². The molecular formula is C25H44N4. The number of likely N-dealkylation sites (tertiary alicyclic amines) is 1. The number of piperidine rings is 1. The second-order valence-corrected chi connectivity index (χ2v) is 10.9. The minimum absolute atomic E-state index is 0.300. The number of rotatable bonds is 9. The monoisotopic (exact) mass is 400 g/mol. The fourth-order valence-corrected chi connectivity index (χ4v) is 4.83. The standard InChI is InChI=1S/C25H44N4/c1-19(2)22(18-28-6)23(27)8-7-21(26)15-20-16-25(17-20)10-13-29(14-11-25)12-9-24(3,4)5/h7-8,18-20,26-28H,9-17H2,1-6H3/b8-7-,22-18+,26-21?,27-23?. The Bertz CT molecular complexity index is 620. The van der Waals surface area contributed by atoms with E-state index in [1.807, 2.05) is 19.3 Å². The zero-order valence-corrected chi connectivity index (χ0v) is 19.7. The molecule has 0 radical (unpaired) electrons. The van der Waals surface area contributed by atoms with Gasteiger partial charge in [0.25, 0.3) is 0 Å². The Morgan fingerprint density at radius 1 is 1.14 bits per heavy atom. The van der Waals surface area contributed by atoms with E-state index >= 15 is 0 Å². The molecule has 164 valence electrons. The van der Waals surface area contributed by atoms with E-state index in [0.717, 1.165) is 12.0 Å². The van der Waals surface area contributed by atoms with Crippen molar-refractivity contribution in [2.45, 2.75) is 73.1 Å². The van der Waals surface area contributed by atoms with Crippen LogP contribution in [0.2, 0.25) is 0 Å². The summed E-state index contributed by atoms with van der Waals surface area (Å²) in [4.78, 5) is 2.66. The quantitative estimate of drug-likeness (QED) is 0.437. The molecule has 0 aromatic carbocycles. The molecule has 0 aromatic rings. The smallest absolute Gasteiger partial charge is 0.0589 e. The zero-order valence-electron chi connectivity index (χ0n) is 19.7. The summed E-state index contributed by atoms with van der Waals surface area (Å²) in [5, 5.41) is 19.6. The van der Waals surface area contributed by atoms with E-state index in [2.05, 4.69) is 44.8 Å². The van der Waals surface area contributed by atoms with Crippen molar-refractivity contribution in [3.05, 3.63) is 23.9 Å². The lowest BCUT2D eigenvalue weighted by Crippen LogP contribution is -2.47. The molecule has 2 aliphatic rings. The number of allylic oxidation sites excluding steroid dienone is 3. The van der Waals surface area contributed by atoms with Gasteiger partial charge < -0.3 is 21.0 Å². The van der Waals surface area contributed by atoms with Gasteiger partial charge in [-0.1, -0.05) is 34.6 Å². The van der Waals surface area contributed by atoms with Crippen LogP contribution in [0, 0.1) is 33.5 Å². The summed E-state index contributed by atoms with van der Waals surface area (Å²) in [7, 11) is 1.86. The van der Waals surface area contributed by atoms with Gasteiger partial charge in [0.1, 0.15) is 0 Å². The highest BCUT2D eigenvalue weighted by molar-refractivity contribution is 6.09. The van der Waals surface area contributed by atoms with Crippen molar-refractivity contribution in [2.75, 3.05) is 26.7 Å². The molecule has 0 aromatic heterocycles. The predicted molar refractivity (Wildman–Crippen MR) is 126 cm³/mol. The van der Waals surface area contributed by atoms with Crippen LogP contribution in [0.25, 0.3) is 0 Å². The van der Waals surface area contributed by atoms with Gasteiger partial charge in [0, 0.05) is 19.0 Å². The van der Waals surface area contributed by atoms with Crippen LogP contribution < -0.4 is 5.32 Å². The summed E-state index contributed by atoms with van der Waals surface area (Å²) in [6, 6.07) is 0. The van der Waals surface area contributed by atoms with Gasteiger partial charge >= 0.3 is 0 Å². The minimum atomic E-state index is 0.300. The van der Waals surface area contributed by atoms with Crippen LogP contribution in [-0.2, 0) is 0 Å². The van der Waals surface area contributed by atoms with E-state index in [0.29, 0.717) is 34.1 Å². The lowest BCUT2D eigenvalue weighted by atomic mass is 9.56. The van der Waals surface area contributed by atoms with Crippen LogP contribution >= 0.6 is 0 Å². The van der Waals surface area contributed by atoms with E-state index in [1.54, 1.807) is 6.08 Å². The second kappa shape index (κ2) is 10.1. The fraction of sp³-hybridized carbons (Fsp3) is 0.760. The van der Waals surface area contributed by atoms with Gasteiger partial charge in [0.2, 0.25) is 0 Å². The normalized spacial score (nSPS) is 21.0. The van der Waals surface area contributed by atoms with Gasteiger partial charge in [-0.2, -0.15) is 0 Å². The number of nitrogens with zero attached hydrogens (tertiary/aromatic N) is 1. The van der Waals surface area contributed by atoms with Crippen molar-refractivity contribution in [2.24, 2.45) is 22.7 Å². The van der Waals surface area contributed by atoms with Crippen molar-refractivity contribution in [1.82, 2.24) is 10.2 Å². The molecule has 29 heavy (non-hydrogen) atoms. The van der Waals surface area contributed by atoms with Gasteiger partial charge in [0.05, 0.1) is 5.71 Å². The molecule has 0 bridgehead atoms. The van der Waals surface area contributed by atoms with Crippen LogP contribution in [0.5, 0.6) is 0 Å². The SMILES string of the molecule is CN/C=C(/C(=N)/C=C\C(=N)CC1CC2(CCN(CCC(C)(C)C)CC2)C1)C(C)C. The first-order chi connectivity index (χ1) is 13.5. The lowest BCUT2D eigenvalue weighted by Gasteiger charge is -2.52. The van der Waals surface area contributed by atoms with E-state index in [1.165, 1.54) is 51.7 Å². The second-order valence-electron chi connectivity index (χ2n) is 10.9. The lowest BCUT2D eigenvalue weighted by molar-refractivity contribution is -0.0120. The Morgan fingerprint density at radius 3 is 2.28 bits per heavy atom. The third-order valence-corrected chi connectivity index (χ3v) is 6.73. The molecular weight excluding hydrogens is 356 g/mol. The van der Waals surface area contributed by atoms with Crippen molar-refractivity contribution in [3.63, 3.8) is 0 Å². The molecule has 1 aliphatic heterocycles. The van der Waals surface area contributed by atoms with Crippen LogP contribution in [0.1, 0.15) is 73.1 Å². The first-order valence-corrected chi connectivity index (χ1v) is 11.5. The van der Waals surface area contributed by atoms with Crippen molar-refractivity contribution in [1.29, 1.82) is 10.8 Å². The average Bonchev–Trinajstić information content (AvgIpc) is 2.61. The molecule has 1 aliphatic carbocycles. The van der Waals surface area contributed by atoms with Crippen LogP contribution in [-0.4, -0.2) is 43.0 Å². The Morgan fingerprint density at radius 2 is 1.76 bits per heavy atom. The third-order valence-electron chi connectivity index (χ3n) is 6.73. The average molecular weight is 401 g/mol. The van der Waals surface area contributed by atoms with Gasteiger partial charge in [-0.15, -0.1) is 0 Å². The maximum atomic E-state index is 8.32. The maximum absolute atomic E-state index is 8.32. The number of hydrogen-bond acceptors (Lipinski definition) is 4. The molecule has 1 saturated heterocycles. The molecule has 4 heteroatoms. The Kier molecular flexibility index (Phi) is 8.28. The van der Waals surface area contributed by atoms with Crippen LogP contribution in [0.3, 0.4) is 0 Å². The summed E-state index contributed by atoms with van der Waals surface area (Å²) < 4.78 is 0. The summed E-state index contributed by atoms with van der Waals surface area (Å²) in [5.74, 6) is 0.967. The zero-order chi connectivity index (χ0) is 21.7. The molecule has 1 saturated carbocycles. The molecule has 0 unspecified atom stereocenters. The summed E-state index contributed by atoms with van der Waals surface area (Å²) in [6.07, 6.45) is 13.0. The Labute approximate surface area is 179 Å². The Hall–Kier alpha value is -1.42. The van der Waals surface area contributed by atoms with Crippen molar-refractivity contribution < 1.29 is 0 Å². The number of nitrogens with one attached hydrogen (secondary N) is 3. The Balaban J connectivity index is 1.72. The first kappa shape index (κ1) is 23.9. The molecule has 0 amide bonds. The molecule has 0 atom stereocenters. The first-order valence-electron chi connectivity index (χ1n) is 11.5. The fourth-order valence-electron chi connectivity index (χ4n) is 4.83. The predicted octanol–water partition coefficient (Wildman–Crippen LogP) is 5.66. The molecule has 3 N–H and O–H groups in total. The van der Waals surface area contributed by atoms with Crippen molar-refractivity contribution >= 4 is 11.4 Å². The molecule has 2 rings (SSSR count). The molecule has 1 spiro atoms. The topological polar surface area (TPSA) is 63.0 Å². The maximum Gasteiger partial charge on any atom is 0.0589 e. The van der Waals surface area contributed by atoms with Crippen molar-refractivity contribution in [3.8, 4) is 0 Å². The highest BCUT2D eigenvalue weighted by atomic mass is 15.1. The van der Waals surface area contributed by atoms with Gasteiger partial charge in [0.15, 0.2) is 0 Å². The molecule has 4 nitrogen and oxygen atoms in total. The van der Waals surface area contributed by atoms with E-state index in [9.17, 15) is 0 Å². The minimum Gasteiger partial charge on any atom is -0.394 e. The molecule has 2 fully saturated rings. The number of hydrogen-bond donors (Lipinski definition) is 3. The summed E-state index contributed by atoms with van der Waals surface area (Å²) >= 11 is 0. The summed E-state index contributed by atoms with van der Waals surface area (Å²) in [5.41, 5.74) is 3.16.